The molecule has 3 heterocycles. The van der Waals surface area contributed by atoms with Crippen LogP contribution in [-0.4, -0.2) is 35.0 Å². The average molecular weight is 313 g/mol. The van der Waals surface area contributed by atoms with Gasteiger partial charge < -0.3 is 19.9 Å². The number of esters is 1. The first-order chi connectivity index (χ1) is 11.1. The molecule has 3 N–H and O–H groups in total. The van der Waals surface area contributed by atoms with Gasteiger partial charge in [-0.2, -0.15) is 5.10 Å². The maximum absolute atomic E-state index is 12.2. The Kier molecular flexibility index (Phi) is 2.84. The van der Waals surface area contributed by atoms with Crippen molar-refractivity contribution in [1.82, 2.24) is 10.2 Å². The number of ether oxygens (including phenoxy) is 2. The number of aromatic hydroxyl groups is 1. The van der Waals surface area contributed by atoms with Gasteiger partial charge in [0.1, 0.15) is 6.61 Å². The zero-order valence-corrected chi connectivity index (χ0v) is 12.6. The molecule has 4 rings (SSSR count). The number of hydrogen-bond donors (Lipinski definition) is 3. The number of fused-ring (bicyclic) bond motifs is 1. The number of hydrogen-bond acceptors (Lipinski definition) is 6. The van der Waals surface area contributed by atoms with Crippen LogP contribution in [0.5, 0.6) is 11.5 Å². The molecule has 2 aromatic rings. The number of H-pyrrole nitrogens is 1. The van der Waals surface area contributed by atoms with Crippen molar-refractivity contribution < 1.29 is 19.4 Å². The van der Waals surface area contributed by atoms with Crippen molar-refractivity contribution in [2.24, 2.45) is 0 Å². The van der Waals surface area contributed by atoms with Crippen molar-refractivity contribution in [3.05, 3.63) is 46.3 Å². The highest BCUT2D eigenvalue weighted by Crippen LogP contribution is 2.46. The molecule has 0 radical (unpaired) electrons. The number of benzene rings is 1. The van der Waals surface area contributed by atoms with E-state index in [1.54, 1.807) is 12.1 Å². The van der Waals surface area contributed by atoms with E-state index >= 15 is 0 Å². The Balaban J connectivity index is 1.92. The lowest BCUT2D eigenvalue weighted by Gasteiger charge is -2.24. The number of phenolic OH excluding ortho intramolecular Hbond substituents is 1. The zero-order valence-electron chi connectivity index (χ0n) is 12.6. The second-order valence-electron chi connectivity index (χ2n) is 5.57. The normalized spacial score (nSPS) is 19.0. The maximum Gasteiger partial charge on any atom is 0.337 e. The number of aromatic nitrogens is 2. The summed E-state index contributed by atoms with van der Waals surface area (Å²) in [7, 11) is 1.49. The van der Waals surface area contributed by atoms with E-state index in [2.05, 4.69) is 15.5 Å². The summed E-state index contributed by atoms with van der Waals surface area (Å²) in [6, 6.07) is 5.13. The number of cyclic esters (lactones) is 1. The van der Waals surface area contributed by atoms with Gasteiger partial charge in [0.2, 0.25) is 0 Å². The summed E-state index contributed by atoms with van der Waals surface area (Å²) >= 11 is 0. The Labute approximate surface area is 131 Å². The summed E-state index contributed by atoms with van der Waals surface area (Å²) in [5.74, 6) is 0.403. The number of carbonyl (C=O) groups is 1. The fourth-order valence-corrected chi connectivity index (χ4v) is 3.21. The molecular weight excluding hydrogens is 298 g/mol. The summed E-state index contributed by atoms with van der Waals surface area (Å²) < 4.78 is 10.3. The van der Waals surface area contributed by atoms with Gasteiger partial charge in [0.05, 0.1) is 18.4 Å². The minimum atomic E-state index is -0.348. The molecule has 7 nitrogen and oxygen atoms in total. The average Bonchev–Trinajstić information content (AvgIpc) is 3.09. The Hall–Kier alpha value is -2.96. The summed E-state index contributed by atoms with van der Waals surface area (Å²) in [6.45, 7) is 2.11. The van der Waals surface area contributed by atoms with Gasteiger partial charge in [0.15, 0.2) is 17.3 Å². The Bertz CT molecular complexity index is 853. The Morgan fingerprint density at radius 2 is 2.26 bits per heavy atom. The molecule has 0 saturated heterocycles. The molecule has 118 valence electrons. The Morgan fingerprint density at radius 1 is 1.43 bits per heavy atom. The van der Waals surface area contributed by atoms with Gasteiger partial charge >= 0.3 is 5.97 Å². The smallest absolute Gasteiger partial charge is 0.337 e. The van der Waals surface area contributed by atoms with E-state index in [0.29, 0.717) is 22.8 Å². The van der Waals surface area contributed by atoms with Crippen molar-refractivity contribution in [3.8, 4) is 11.5 Å². The second-order valence-corrected chi connectivity index (χ2v) is 5.57. The van der Waals surface area contributed by atoms with Crippen LogP contribution < -0.4 is 10.1 Å². The highest BCUT2D eigenvalue weighted by Gasteiger charge is 2.40. The van der Waals surface area contributed by atoms with Crippen LogP contribution in [0.25, 0.3) is 0 Å². The van der Waals surface area contributed by atoms with Gasteiger partial charge in [0, 0.05) is 17.2 Å². The van der Waals surface area contributed by atoms with Gasteiger partial charge in [-0.15, -0.1) is 0 Å². The highest BCUT2D eigenvalue weighted by atomic mass is 16.5. The number of anilines is 1. The van der Waals surface area contributed by atoms with Gasteiger partial charge in [-0.25, -0.2) is 4.79 Å². The van der Waals surface area contributed by atoms with E-state index in [1.807, 2.05) is 13.0 Å². The SMILES string of the molecule is COc1ccc(C2C3=C(COC3=O)Nc3n[nH]c(C)c32)cc1O. The second kappa shape index (κ2) is 4.77. The van der Waals surface area contributed by atoms with Crippen LogP contribution in [0.1, 0.15) is 22.7 Å². The Morgan fingerprint density at radius 3 is 3.00 bits per heavy atom. The topological polar surface area (TPSA) is 96.5 Å². The summed E-state index contributed by atoms with van der Waals surface area (Å²) in [4.78, 5) is 12.2. The van der Waals surface area contributed by atoms with E-state index in [4.69, 9.17) is 9.47 Å². The van der Waals surface area contributed by atoms with Crippen LogP contribution in [0.4, 0.5) is 5.82 Å². The molecule has 2 aliphatic heterocycles. The lowest BCUT2D eigenvalue weighted by Crippen LogP contribution is -2.19. The lowest BCUT2D eigenvalue weighted by molar-refractivity contribution is -0.136. The lowest BCUT2D eigenvalue weighted by atomic mass is 9.82. The highest BCUT2D eigenvalue weighted by molar-refractivity contribution is 5.97. The molecule has 0 fully saturated rings. The number of rotatable bonds is 2. The van der Waals surface area contributed by atoms with Gasteiger partial charge in [-0.05, 0) is 24.6 Å². The number of aryl methyl sites for hydroxylation is 1. The van der Waals surface area contributed by atoms with E-state index in [1.165, 1.54) is 7.11 Å². The molecule has 0 aliphatic carbocycles. The first-order valence-electron chi connectivity index (χ1n) is 7.19. The number of carbonyl (C=O) groups excluding carboxylic acids is 1. The number of nitrogens with one attached hydrogen (secondary N) is 2. The first kappa shape index (κ1) is 13.7. The van der Waals surface area contributed by atoms with Crippen LogP contribution in [-0.2, 0) is 9.53 Å². The van der Waals surface area contributed by atoms with E-state index < -0.39 is 0 Å². The molecule has 0 amide bonds. The number of methoxy groups -OCH3 is 1. The molecule has 1 unspecified atom stereocenters. The molecule has 23 heavy (non-hydrogen) atoms. The zero-order chi connectivity index (χ0) is 16.1. The third kappa shape index (κ3) is 1.89. The molecule has 0 saturated carbocycles. The third-order valence-corrected chi connectivity index (χ3v) is 4.27. The van der Waals surface area contributed by atoms with Gasteiger partial charge in [-0.1, -0.05) is 6.07 Å². The molecule has 2 aliphatic rings. The van der Waals surface area contributed by atoms with Crippen LogP contribution in [0, 0.1) is 6.92 Å². The predicted octanol–water partition coefficient (Wildman–Crippen LogP) is 1.80. The van der Waals surface area contributed by atoms with Crippen molar-refractivity contribution >= 4 is 11.8 Å². The molecular formula is C16H15N3O4. The molecule has 1 aromatic carbocycles. The quantitative estimate of drug-likeness (QED) is 0.732. The number of phenols is 1. The fraction of sp³-hybridized carbons (Fsp3) is 0.250. The minimum Gasteiger partial charge on any atom is -0.504 e. The van der Waals surface area contributed by atoms with Crippen molar-refractivity contribution in [2.45, 2.75) is 12.8 Å². The van der Waals surface area contributed by atoms with Crippen molar-refractivity contribution in [1.29, 1.82) is 0 Å². The standard InChI is InChI=1S/C16H15N3O4/c1-7-12-13(8-3-4-11(22-2)10(20)5-8)14-9(6-23-16(14)21)17-15(12)19-18-7/h3-5,13,20H,6H2,1-2H3,(H2,17,18,19). The van der Waals surface area contributed by atoms with E-state index in [9.17, 15) is 9.90 Å². The first-order valence-corrected chi connectivity index (χ1v) is 7.19. The minimum absolute atomic E-state index is 0.0275. The van der Waals surface area contributed by atoms with Gasteiger partial charge in [0.25, 0.3) is 0 Å². The number of aromatic amines is 1. The van der Waals surface area contributed by atoms with Gasteiger partial charge in [-0.3, -0.25) is 5.10 Å². The number of nitrogens with zero attached hydrogens (tertiary/aromatic N) is 1. The third-order valence-electron chi connectivity index (χ3n) is 4.27. The largest absolute Gasteiger partial charge is 0.504 e. The fourth-order valence-electron chi connectivity index (χ4n) is 3.21. The van der Waals surface area contributed by atoms with Crippen LogP contribution in [0.15, 0.2) is 29.5 Å². The van der Waals surface area contributed by atoms with Crippen molar-refractivity contribution in [2.75, 3.05) is 19.0 Å². The van der Waals surface area contributed by atoms with E-state index in [0.717, 1.165) is 16.8 Å². The van der Waals surface area contributed by atoms with E-state index in [-0.39, 0.29) is 24.2 Å². The predicted molar refractivity (Wildman–Crippen MR) is 81.4 cm³/mol. The maximum atomic E-state index is 12.2. The van der Waals surface area contributed by atoms with Crippen LogP contribution >= 0.6 is 0 Å². The van der Waals surface area contributed by atoms with Crippen molar-refractivity contribution in [3.63, 3.8) is 0 Å². The molecule has 1 aromatic heterocycles. The molecule has 1 atom stereocenters. The monoisotopic (exact) mass is 313 g/mol. The van der Waals surface area contributed by atoms with Crippen LogP contribution in [0.2, 0.25) is 0 Å². The molecule has 7 heteroatoms. The van der Waals surface area contributed by atoms with Crippen LogP contribution in [0.3, 0.4) is 0 Å². The summed E-state index contributed by atoms with van der Waals surface area (Å²) in [6.07, 6.45) is 0. The molecule has 0 bridgehead atoms. The summed E-state index contributed by atoms with van der Waals surface area (Å²) in [5, 5.41) is 20.4. The summed E-state index contributed by atoms with van der Waals surface area (Å²) in [5.41, 5.74) is 3.80. The molecule has 0 spiro atoms.